The third-order valence-corrected chi connectivity index (χ3v) is 2.74. The Morgan fingerprint density at radius 1 is 1.56 bits per heavy atom. The molecular weight excluding hydrogens is 222 g/mol. The van der Waals surface area contributed by atoms with Crippen LogP contribution in [0.2, 0.25) is 0 Å². The van der Waals surface area contributed by atoms with Gasteiger partial charge in [0.25, 0.3) is 0 Å². The van der Waals surface area contributed by atoms with Crippen LogP contribution in [0.15, 0.2) is 29.3 Å². The van der Waals surface area contributed by atoms with Gasteiger partial charge in [-0.3, -0.25) is 0 Å². The van der Waals surface area contributed by atoms with Gasteiger partial charge in [0.15, 0.2) is 0 Å². The van der Waals surface area contributed by atoms with Crippen LogP contribution in [0.1, 0.15) is 31.0 Å². The second kappa shape index (κ2) is 5.92. The van der Waals surface area contributed by atoms with Gasteiger partial charge in [-0.1, -0.05) is 23.7 Å². The Morgan fingerprint density at radius 2 is 2.25 bits per heavy atom. The number of nitrogens with two attached hydrogens (primary N) is 1. The molecule has 0 aliphatic heterocycles. The van der Waals surface area contributed by atoms with Crippen molar-refractivity contribution in [3.8, 4) is 5.75 Å². The van der Waals surface area contributed by atoms with Crippen molar-refractivity contribution in [1.82, 2.24) is 0 Å². The lowest BCUT2D eigenvalue weighted by atomic mass is 10.1. The fourth-order valence-electron chi connectivity index (χ4n) is 1.34. The lowest BCUT2D eigenvalue weighted by molar-refractivity contribution is 0.350. The fraction of sp³-hybridized carbons (Fsp3) is 0.385. The standard InChI is InChI=1S/C13H18ClNO/c1-9(7-14)8-16-13-5-4-12(11(3)15)6-10(13)2/h4-7,11H,8,15H2,1-3H3/b9-7+/t11-/m1/s1. The van der Waals surface area contributed by atoms with Crippen LogP contribution in [0, 0.1) is 6.92 Å². The molecule has 0 aliphatic rings. The third-order valence-electron chi connectivity index (χ3n) is 2.37. The van der Waals surface area contributed by atoms with E-state index in [1.165, 1.54) is 5.54 Å². The van der Waals surface area contributed by atoms with E-state index >= 15 is 0 Å². The Balaban J connectivity index is 2.75. The van der Waals surface area contributed by atoms with E-state index in [1.54, 1.807) is 0 Å². The van der Waals surface area contributed by atoms with Crippen LogP contribution in [-0.2, 0) is 0 Å². The first-order chi connectivity index (χ1) is 7.54. The zero-order valence-electron chi connectivity index (χ0n) is 9.96. The molecule has 2 N–H and O–H groups in total. The summed E-state index contributed by atoms with van der Waals surface area (Å²) in [6.45, 7) is 6.43. The molecule has 0 saturated heterocycles. The molecule has 1 atom stereocenters. The van der Waals surface area contributed by atoms with E-state index in [-0.39, 0.29) is 6.04 Å². The van der Waals surface area contributed by atoms with E-state index < -0.39 is 0 Å². The summed E-state index contributed by atoms with van der Waals surface area (Å²) >= 11 is 5.57. The van der Waals surface area contributed by atoms with Crippen molar-refractivity contribution >= 4 is 11.6 Å². The van der Waals surface area contributed by atoms with Crippen LogP contribution in [0.25, 0.3) is 0 Å². The monoisotopic (exact) mass is 239 g/mol. The quantitative estimate of drug-likeness (QED) is 0.872. The first kappa shape index (κ1) is 13.1. The van der Waals surface area contributed by atoms with Crippen molar-refractivity contribution in [2.75, 3.05) is 6.61 Å². The predicted octanol–water partition coefficient (Wildman–Crippen LogP) is 3.54. The predicted molar refractivity (Wildman–Crippen MR) is 68.9 cm³/mol. The molecule has 0 bridgehead atoms. The highest BCUT2D eigenvalue weighted by Crippen LogP contribution is 2.22. The van der Waals surface area contributed by atoms with Gasteiger partial charge in [-0.2, -0.15) is 0 Å². The van der Waals surface area contributed by atoms with Crippen molar-refractivity contribution in [3.05, 3.63) is 40.4 Å². The molecule has 0 radical (unpaired) electrons. The molecule has 1 aromatic rings. The van der Waals surface area contributed by atoms with E-state index in [0.717, 1.165) is 22.4 Å². The van der Waals surface area contributed by atoms with E-state index in [9.17, 15) is 0 Å². The zero-order chi connectivity index (χ0) is 12.1. The Labute approximate surface area is 102 Å². The molecule has 1 rings (SSSR count). The molecule has 0 saturated carbocycles. The van der Waals surface area contributed by atoms with Crippen LogP contribution in [0.5, 0.6) is 5.75 Å². The van der Waals surface area contributed by atoms with Crippen LogP contribution in [-0.4, -0.2) is 6.61 Å². The zero-order valence-corrected chi connectivity index (χ0v) is 10.7. The van der Waals surface area contributed by atoms with Gasteiger partial charge >= 0.3 is 0 Å². The maximum absolute atomic E-state index is 5.81. The van der Waals surface area contributed by atoms with Gasteiger partial charge in [-0.05, 0) is 43.5 Å². The number of hydrogen-bond acceptors (Lipinski definition) is 2. The highest BCUT2D eigenvalue weighted by molar-refractivity contribution is 6.25. The lowest BCUT2D eigenvalue weighted by Gasteiger charge is -2.12. The summed E-state index contributed by atoms with van der Waals surface area (Å²) < 4.78 is 5.63. The van der Waals surface area contributed by atoms with Crippen LogP contribution in [0.4, 0.5) is 0 Å². The minimum atomic E-state index is 0.0530. The third kappa shape index (κ3) is 3.54. The van der Waals surface area contributed by atoms with Crippen LogP contribution < -0.4 is 10.5 Å². The average molecular weight is 240 g/mol. The second-order valence-electron chi connectivity index (χ2n) is 4.06. The smallest absolute Gasteiger partial charge is 0.122 e. The van der Waals surface area contributed by atoms with Crippen molar-refractivity contribution in [1.29, 1.82) is 0 Å². The van der Waals surface area contributed by atoms with Gasteiger partial charge < -0.3 is 10.5 Å². The molecule has 1 aromatic carbocycles. The Bertz CT molecular complexity index is 386. The van der Waals surface area contributed by atoms with Gasteiger partial charge in [-0.25, -0.2) is 0 Å². The molecule has 0 unspecified atom stereocenters. The van der Waals surface area contributed by atoms with Crippen LogP contribution >= 0.6 is 11.6 Å². The fourth-order valence-corrected chi connectivity index (χ4v) is 1.40. The first-order valence-corrected chi connectivity index (χ1v) is 5.73. The normalized spacial score (nSPS) is 13.7. The number of aryl methyl sites for hydroxylation is 1. The van der Waals surface area contributed by atoms with E-state index in [4.69, 9.17) is 22.1 Å². The number of rotatable bonds is 4. The lowest BCUT2D eigenvalue weighted by Crippen LogP contribution is -2.06. The summed E-state index contributed by atoms with van der Waals surface area (Å²) in [5.41, 5.74) is 10.6. The highest BCUT2D eigenvalue weighted by atomic mass is 35.5. The number of hydrogen-bond donors (Lipinski definition) is 1. The van der Waals surface area contributed by atoms with Gasteiger partial charge in [0.2, 0.25) is 0 Å². The first-order valence-electron chi connectivity index (χ1n) is 5.29. The molecule has 88 valence electrons. The van der Waals surface area contributed by atoms with E-state index in [1.807, 2.05) is 32.9 Å². The Hall–Kier alpha value is -0.990. The summed E-state index contributed by atoms with van der Waals surface area (Å²) in [5, 5.41) is 0. The number of ether oxygens (including phenoxy) is 1. The largest absolute Gasteiger partial charge is 0.489 e. The van der Waals surface area contributed by atoms with Gasteiger partial charge in [0.1, 0.15) is 12.4 Å². The van der Waals surface area contributed by atoms with Crippen molar-refractivity contribution in [2.24, 2.45) is 5.73 Å². The molecule has 2 nitrogen and oxygen atoms in total. The summed E-state index contributed by atoms with van der Waals surface area (Å²) in [7, 11) is 0. The summed E-state index contributed by atoms with van der Waals surface area (Å²) in [4.78, 5) is 0. The van der Waals surface area contributed by atoms with Gasteiger partial charge in [-0.15, -0.1) is 0 Å². The van der Waals surface area contributed by atoms with E-state index in [0.29, 0.717) is 6.61 Å². The van der Waals surface area contributed by atoms with E-state index in [2.05, 4.69) is 6.07 Å². The topological polar surface area (TPSA) is 35.2 Å². The minimum absolute atomic E-state index is 0.0530. The number of benzene rings is 1. The summed E-state index contributed by atoms with van der Waals surface area (Å²) in [6.07, 6.45) is 0. The molecule has 0 aromatic heterocycles. The molecule has 0 amide bonds. The summed E-state index contributed by atoms with van der Waals surface area (Å²) in [5.74, 6) is 0.877. The molecule has 0 heterocycles. The maximum Gasteiger partial charge on any atom is 0.122 e. The molecule has 0 spiro atoms. The van der Waals surface area contributed by atoms with Crippen molar-refractivity contribution < 1.29 is 4.74 Å². The molecule has 0 aliphatic carbocycles. The second-order valence-corrected chi connectivity index (χ2v) is 4.28. The molecule has 3 heteroatoms. The summed E-state index contributed by atoms with van der Waals surface area (Å²) in [6, 6.07) is 6.05. The van der Waals surface area contributed by atoms with Gasteiger partial charge in [0, 0.05) is 11.6 Å². The highest BCUT2D eigenvalue weighted by Gasteiger charge is 2.04. The molecule has 0 fully saturated rings. The van der Waals surface area contributed by atoms with Crippen molar-refractivity contribution in [3.63, 3.8) is 0 Å². The van der Waals surface area contributed by atoms with Crippen molar-refractivity contribution in [2.45, 2.75) is 26.8 Å². The minimum Gasteiger partial charge on any atom is -0.489 e. The average Bonchev–Trinajstić information content (AvgIpc) is 2.26. The SMILES string of the molecule is C/C(=C\Cl)COc1ccc([C@@H](C)N)cc1C. The Morgan fingerprint density at radius 3 is 2.75 bits per heavy atom. The van der Waals surface area contributed by atoms with Gasteiger partial charge in [0.05, 0.1) is 0 Å². The Kier molecular flexibility index (Phi) is 4.84. The molecular formula is C13H18ClNO. The molecule has 16 heavy (non-hydrogen) atoms. The van der Waals surface area contributed by atoms with Crippen LogP contribution in [0.3, 0.4) is 0 Å². The maximum atomic E-state index is 5.81. The number of halogens is 1.